The summed E-state index contributed by atoms with van der Waals surface area (Å²) in [7, 11) is -4.36. The summed E-state index contributed by atoms with van der Waals surface area (Å²) in [6.45, 7) is 3.95. The zero-order valence-electron chi connectivity index (χ0n) is 34.2. The van der Waals surface area contributed by atoms with Gasteiger partial charge < -0.3 is 21.1 Å². The van der Waals surface area contributed by atoms with E-state index in [9.17, 15) is 19.4 Å². The molecule has 1 amide bonds. The van der Waals surface area contributed by atoms with Crippen LogP contribution in [0, 0.1) is 0 Å². The summed E-state index contributed by atoms with van der Waals surface area (Å²) in [6.07, 6.45) is 53.5. The number of unbranched alkanes of at least 4 members (excludes halogenated alkanes) is 14. The van der Waals surface area contributed by atoms with Gasteiger partial charge in [0, 0.05) is 13.0 Å². The molecular formula is C45H79N2O6P. The Morgan fingerprint density at radius 2 is 1.09 bits per heavy atom. The third kappa shape index (κ3) is 38.0. The Balaban J connectivity index is 4.39. The molecule has 0 aliphatic carbocycles. The highest BCUT2D eigenvalue weighted by atomic mass is 31.2. The first-order valence-electron chi connectivity index (χ1n) is 21.2. The number of amides is 1. The predicted octanol–water partition coefficient (Wildman–Crippen LogP) is 11.8. The van der Waals surface area contributed by atoms with Crippen LogP contribution in [0.15, 0.2) is 85.1 Å². The topological polar surface area (TPSA) is 131 Å². The molecule has 0 aliphatic heterocycles. The number of carbonyl (C=O) groups excluding carboxylic acids is 1. The maximum atomic E-state index is 12.7. The van der Waals surface area contributed by atoms with E-state index in [1.54, 1.807) is 6.08 Å². The maximum Gasteiger partial charge on any atom is 0.472 e. The van der Waals surface area contributed by atoms with E-state index in [0.29, 0.717) is 6.42 Å². The number of rotatable bonds is 38. The molecule has 9 heteroatoms. The van der Waals surface area contributed by atoms with E-state index >= 15 is 0 Å². The maximum absolute atomic E-state index is 12.7. The third-order valence-corrected chi connectivity index (χ3v) is 9.67. The summed E-state index contributed by atoms with van der Waals surface area (Å²) in [5.41, 5.74) is 5.36. The van der Waals surface area contributed by atoms with Crippen LogP contribution in [-0.4, -0.2) is 47.8 Å². The lowest BCUT2D eigenvalue weighted by Gasteiger charge is -2.23. The molecular weight excluding hydrogens is 695 g/mol. The van der Waals surface area contributed by atoms with Crippen LogP contribution in [0.5, 0.6) is 0 Å². The van der Waals surface area contributed by atoms with Gasteiger partial charge in [0.05, 0.1) is 25.4 Å². The number of hydrogen-bond donors (Lipinski definition) is 4. The van der Waals surface area contributed by atoms with Gasteiger partial charge in [-0.1, -0.05) is 157 Å². The number of nitrogens with one attached hydrogen (secondary N) is 1. The van der Waals surface area contributed by atoms with Gasteiger partial charge in [-0.3, -0.25) is 13.8 Å². The van der Waals surface area contributed by atoms with Gasteiger partial charge in [-0.15, -0.1) is 0 Å². The van der Waals surface area contributed by atoms with Gasteiger partial charge in [-0.2, -0.15) is 0 Å². The summed E-state index contributed by atoms with van der Waals surface area (Å²) in [5.74, 6) is -0.236. The average Bonchev–Trinajstić information content (AvgIpc) is 3.16. The van der Waals surface area contributed by atoms with Gasteiger partial charge >= 0.3 is 7.82 Å². The fraction of sp³-hybridized carbons (Fsp3) is 0.667. The predicted molar refractivity (Wildman–Crippen MR) is 230 cm³/mol. The molecule has 3 atom stereocenters. The zero-order valence-corrected chi connectivity index (χ0v) is 35.1. The molecule has 54 heavy (non-hydrogen) atoms. The van der Waals surface area contributed by atoms with E-state index in [0.717, 1.165) is 83.5 Å². The second-order valence-corrected chi connectivity index (χ2v) is 15.2. The quantitative estimate of drug-likeness (QED) is 0.0279. The van der Waals surface area contributed by atoms with Crippen molar-refractivity contribution in [1.82, 2.24) is 5.32 Å². The SMILES string of the molecule is CC/C=C\C/C=C\C/C=C\C/C=C\CCCCCCC(=O)NC(COP(=O)(O)OCCN)C(O)/C=C/CC/C=C/CC/C=C/CCCCCCCCCC. The minimum absolute atomic E-state index is 0.0629. The number of carbonyl (C=O) groups is 1. The van der Waals surface area contributed by atoms with E-state index in [2.05, 4.69) is 92.1 Å². The van der Waals surface area contributed by atoms with E-state index in [4.69, 9.17) is 14.8 Å². The molecule has 0 aromatic rings. The number of allylic oxidation sites excluding steroid dienone is 13. The Kier molecular flexibility index (Phi) is 38.6. The molecule has 310 valence electrons. The van der Waals surface area contributed by atoms with Crippen molar-refractivity contribution in [1.29, 1.82) is 0 Å². The Hall–Kier alpha value is -2.32. The number of aliphatic hydroxyl groups excluding tert-OH is 1. The highest BCUT2D eigenvalue weighted by molar-refractivity contribution is 7.47. The first kappa shape index (κ1) is 51.7. The summed E-state index contributed by atoms with van der Waals surface area (Å²) < 4.78 is 22.1. The Morgan fingerprint density at radius 1 is 0.630 bits per heavy atom. The number of aliphatic hydroxyl groups is 1. The van der Waals surface area contributed by atoms with Crippen LogP contribution in [0.25, 0.3) is 0 Å². The van der Waals surface area contributed by atoms with E-state index < -0.39 is 20.0 Å². The van der Waals surface area contributed by atoms with Crippen LogP contribution < -0.4 is 11.1 Å². The van der Waals surface area contributed by atoms with Gasteiger partial charge in [-0.25, -0.2) is 4.57 Å². The highest BCUT2D eigenvalue weighted by Gasteiger charge is 2.26. The molecule has 0 fully saturated rings. The Labute approximate surface area is 330 Å². The lowest BCUT2D eigenvalue weighted by atomic mass is 10.1. The van der Waals surface area contributed by atoms with Crippen LogP contribution in [0.4, 0.5) is 0 Å². The molecule has 0 saturated carbocycles. The Morgan fingerprint density at radius 3 is 1.65 bits per heavy atom. The van der Waals surface area contributed by atoms with Gasteiger partial charge in [0.15, 0.2) is 0 Å². The molecule has 0 saturated heterocycles. The van der Waals surface area contributed by atoms with Gasteiger partial charge in [0.1, 0.15) is 0 Å². The fourth-order valence-electron chi connectivity index (χ4n) is 5.51. The van der Waals surface area contributed by atoms with E-state index in [-0.39, 0.29) is 25.7 Å². The molecule has 0 rings (SSSR count). The highest BCUT2D eigenvalue weighted by Crippen LogP contribution is 2.43. The minimum atomic E-state index is -4.36. The minimum Gasteiger partial charge on any atom is -0.387 e. The lowest BCUT2D eigenvalue weighted by molar-refractivity contribution is -0.123. The normalized spacial score (nSPS) is 15.0. The second kappa shape index (κ2) is 40.3. The fourth-order valence-corrected chi connectivity index (χ4v) is 6.27. The molecule has 0 aromatic carbocycles. The van der Waals surface area contributed by atoms with Crippen molar-refractivity contribution in [2.45, 2.75) is 174 Å². The average molecular weight is 775 g/mol. The smallest absolute Gasteiger partial charge is 0.387 e. The van der Waals surface area contributed by atoms with E-state index in [1.807, 2.05) is 6.08 Å². The van der Waals surface area contributed by atoms with Crippen molar-refractivity contribution in [3.05, 3.63) is 85.1 Å². The number of nitrogens with two attached hydrogens (primary N) is 1. The van der Waals surface area contributed by atoms with Crippen molar-refractivity contribution >= 4 is 13.7 Å². The summed E-state index contributed by atoms with van der Waals surface area (Å²) in [5, 5.41) is 13.6. The first-order valence-corrected chi connectivity index (χ1v) is 22.7. The van der Waals surface area contributed by atoms with Gasteiger partial charge in [0.25, 0.3) is 0 Å². The van der Waals surface area contributed by atoms with Crippen LogP contribution >= 0.6 is 7.82 Å². The first-order chi connectivity index (χ1) is 26.4. The molecule has 0 bridgehead atoms. The largest absolute Gasteiger partial charge is 0.472 e. The van der Waals surface area contributed by atoms with Crippen molar-refractivity contribution in [3.8, 4) is 0 Å². The number of phosphoric acid groups is 1. The van der Waals surface area contributed by atoms with Crippen LogP contribution in [0.3, 0.4) is 0 Å². The molecule has 8 nitrogen and oxygen atoms in total. The molecule has 5 N–H and O–H groups in total. The number of hydrogen-bond acceptors (Lipinski definition) is 6. The van der Waals surface area contributed by atoms with Gasteiger partial charge in [0.2, 0.25) is 5.91 Å². The summed E-state index contributed by atoms with van der Waals surface area (Å²) in [6, 6.07) is -0.901. The summed E-state index contributed by atoms with van der Waals surface area (Å²) in [4.78, 5) is 22.7. The molecule has 3 unspecified atom stereocenters. The third-order valence-electron chi connectivity index (χ3n) is 8.68. The van der Waals surface area contributed by atoms with Crippen LogP contribution in [-0.2, 0) is 18.4 Å². The molecule has 0 spiro atoms. The number of phosphoric ester groups is 1. The molecule has 0 aliphatic rings. The van der Waals surface area contributed by atoms with Crippen LogP contribution in [0.2, 0.25) is 0 Å². The second-order valence-electron chi connectivity index (χ2n) is 13.8. The monoisotopic (exact) mass is 775 g/mol. The molecule has 0 radical (unpaired) electrons. The van der Waals surface area contributed by atoms with Crippen LogP contribution in [0.1, 0.15) is 162 Å². The van der Waals surface area contributed by atoms with Crippen molar-refractivity contribution in [2.24, 2.45) is 5.73 Å². The van der Waals surface area contributed by atoms with Crippen molar-refractivity contribution < 1.29 is 28.4 Å². The lowest BCUT2D eigenvalue weighted by Crippen LogP contribution is -2.45. The van der Waals surface area contributed by atoms with E-state index in [1.165, 1.54) is 57.8 Å². The molecule has 0 aromatic heterocycles. The Bertz CT molecular complexity index is 1110. The molecule has 0 heterocycles. The van der Waals surface area contributed by atoms with Gasteiger partial charge in [-0.05, 0) is 83.5 Å². The van der Waals surface area contributed by atoms with Crippen molar-refractivity contribution in [2.75, 3.05) is 19.8 Å². The zero-order chi connectivity index (χ0) is 39.6. The summed E-state index contributed by atoms with van der Waals surface area (Å²) >= 11 is 0. The standard InChI is InChI=1S/C45H79N2O6P/c1-3-5-7-9-11-13-15-17-19-21-23-24-26-28-30-32-34-36-38-44(48)43(42-53-54(50,51)52-41-40-46)47-45(49)39-37-35-33-31-29-27-25-22-20-18-16-14-12-10-8-6-4-2/h6,8,12,14,18,20-21,23,25,27-28,30,36,38,43-44,48H,3-5,7,9-11,13,15-17,19,22,24,26,29,31-35,37,39-42,46H2,1-2H3,(H,47,49)(H,50,51)/b8-6-,14-12-,20-18-,23-21+,27-25-,30-28+,38-36+. The van der Waals surface area contributed by atoms with Crippen molar-refractivity contribution in [3.63, 3.8) is 0 Å².